The van der Waals surface area contributed by atoms with Gasteiger partial charge in [-0.15, -0.1) is 0 Å². The Hall–Kier alpha value is -2.29. The van der Waals surface area contributed by atoms with Crippen LogP contribution in [0.5, 0.6) is 0 Å². The number of nitrogens with zero attached hydrogens (tertiary/aromatic N) is 1. The van der Waals surface area contributed by atoms with Gasteiger partial charge < -0.3 is 0 Å². The van der Waals surface area contributed by atoms with Gasteiger partial charge >= 0.3 is 0 Å². The molecule has 0 aromatic heterocycles. The maximum atomic E-state index is 12.2. The van der Waals surface area contributed by atoms with Gasteiger partial charge in [0.1, 0.15) is 0 Å². The van der Waals surface area contributed by atoms with Crippen molar-refractivity contribution in [1.29, 1.82) is 0 Å². The van der Waals surface area contributed by atoms with E-state index in [2.05, 4.69) is 4.99 Å². The Kier molecular flexibility index (Phi) is 4.03. The second-order valence-corrected chi connectivity index (χ2v) is 6.22. The molecule has 0 N–H and O–H groups in total. The Morgan fingerprint density at radius 1 is 1.00 bits per heavy atom. The van der Waals surface area contributed by atoms with Crippen molar-refractivity contribution < 1.29 is 9.59 Å². The summed E-state index contributed by atoms with van der Waals surface area (Å²) in [5.74, 6) is 0.0610. The molecule has 3 heteroatoms. The summed E-state index contributed by atoms with van der Waals surface area (Å²) < 4.78 is 0. The molecule has 0 fully saturated rings. The van der Waals surface area contributed by atoms with E-state index in [-0.39, 0.29) is 17.0 Å². The average Bonchev–Trinajstić information content (AvgIpc) is 2.40. The lowest BCUT2D eigenvalue weighted by Gasteiger charge is -2.25. The van der Waals surface area contributed by atoms with Gasteiger partial charge in [0.2, 0.25) is 0 Å². The van der Waals surface area contributed by atoms with Crippen molar-refractivity contribution in [2.45, 2.75) is 27.7 Å². The molecule has 0 unspecified atom stereocenters. The van der Waals surface area contributed by atoms with Crippen LogP contribution in [0.2, 0.25) is 0 Å². The van der Waals surface area contributed by atoms with E-state index in [9.17, 15) is 9.59 Å². The monoisotopic (exact) mass is 281 g/mol. The van der Waals surface area contributed by atoms with Crippen LogP contribution in [0.15, 0.2) is 64.4 Å². The summed E-state index contributed by atoms with van der Waals surface area (Å²) in [5.41, 5.74) is 2.92. The zero-order valence-electron chi connectivity index (χ0n) is 12.8. The molecule has 0 heterocycles. The summed E-state index contributed by atoms with van der Waals surface area (Å²) in [6.45, 7) is 7.90. The Morgan fingerprint density at radius 3 is 2.19 bits per heavy atom. The zero-order valence-corrected chi connectivity index (χ0v) is 12.8. The molecule has 0 saturated heterocycles. The van der Waals surface area contributed by atoms with Crippen molar-refractivity contribution in [2.75, 3.05) is 0 Å². The second kappa shape index (κ2) is 5.60. The van der Waals surface area contributed by atoms with Gasteiger partial charge in [0.15, 0.2) is 11.6 Å². The van der Waals surface area contributed by atoms with Gasteiger partial charge in [0, 0.05) is 11.8 Å². The molecule has 0 aromatic carbocycles. The van der Waals surface area contributed by atoms with Crippen molar-refractivity contribution in [3.8, 4) is 0 Å². The van der Waals surface area contributed by atoms with E-state index in [1.165, 1.54) is 12.2 Å². The van der Waals surface area contributed by atoms with Crippen LogP contribution in [0.25, 0.3) is 0 Å². The minimum absolute atomic E-state index is 0.0319. The number of hydrogen-bond donors (Lipinski definition) is 0. The van der Waals surface area contributed by atoms with Crippen LogP contribution in [-0.4, -0.2) is 17.3 Å². The average molecular weight is 281 g/mol. The third-order valence-electron chi connectivity index (χ3n) is 3.30. The van der Waals surface area contributed by atoms with Crippen LogP contribution in [0.3, 0.4) is 0 Å². The first-order valence-electron chi connectivity index (χ1n) is 6.90. The van der Waals surface area contributed by atoms with Crippen LogP contribution in [-0.2, 0) is 9.59 Å². The Balaban J connectivity index is 2.33. The standard InChI is InChI=1S/C18H19NO2/c1-12-9-13(10-16(17(12)21)18(2,3)4)11-19-14-5-7-15(20)8-6-14/h5-11H,1-4H3. The third kappa shape index (κ3) is 3.63. The molecule has 2 aliphatic carbocycles. The maximum Gasteiger partial charge on any atom is 0.185 e. The number of Topliss-reactive ketones (excluding diaryl/α,β-unsaturated/α-hetero) is 1. The normalized spacial score (nSPS) is 20.8. The Morgan fingerprint density at radius 2 is 1.62 bits per heavy atom. The molecule has 108 valence electrons. The lowest BCUT2D eigenvalue weighted by atomic mass is 9.78. The lowest BCUT2D eigenvalue weighted by Crippen LogP contribution is -2.21. The van der Waals surface area contributed by atoms with Crippen LogP contribution >= 0.6 is 0 Å². The van der Waals surface area contributed by atoms with Gasteiger partial charge in [0.25, 0.3) is 0 Å². The van der Waals surface area contributed by atoms with Gasteiger partial charge in [-0.3, -0.25) is 14.6 Å². The fraction of sp³-hybridized carbons (Fsp3) is 0.278. The molecular weight excluding hydrogens is 262 g/mol. The third-order valence-corrected chi connectivity index (χ3v) is 3.30. The van der Waals surface area contributed by atoms with Gasteiger partial charge in [-0.1, -0.05) is 20.8 Å². The lowest BCUT2D eigenvalue weighted by molar-refractivity contribution is -0.113. The summed E-state index contributed by atoms with van der Waals surface area (Å²) in [6.07, 6.45) is 11.8. The SMILES string of the molecule is CC1=CC(=CN=C2C=CC(=O)C=C2)C=C(C(C)(C)C)C1=O. The number of carbonyl (C=O) groups excluding carboxylic acids is 2. The smallest absolute Gasteiger partial charge is 0.185 e. The number of hydrogen-bond acceptors (Lipinski definition) is 3. The summed E-state index contributed by atoms with van der Waals surface area (Å²) in [6, 6.07) is 0. The summed E-state index contributed by atoms with van der Waals surface area (Å²) in [5, 5.41) is 0. The highest BCUT2D eigenvalue weighted by Gasteiger charge is 2.27. The first-order chi connectivity index (χ1) is 9.77. The number of rotatable bonds is 1. The van der Waals surface area contributed by atoms with E-state index in [1.807, 2.05) is 39.8 Å². The number of ketones is 2. The highest BCUT2D eigenvalue weighted by Crippen LogP contribution is 2.32. The number of aliphatic imine (C=N–C) groups is 1. The molecule has 0 amide bonds. The van der Waals surface area contributed by atoms with E-state index in [0.717, 1.165) is 22.4 Å². The summed E-state index contributed by atoms with van der Waals surface area (Å²) >= 11 is 0. The molecule has 0 saturated carbocycles. The molecule has 0 aromatic rings. The van der Waals surface area contributed by atoms with Crippen LogP contribution in [0, 0.1) is 5.41 Å². The highest BCUT2D eigenvalue weighted by atomic mass is 16.1. The zero-order chi connectivity index (χ0) is 15.6. The maximum absolute atomic E-state index is 12.2. The van der Waals surface area contributed by atoms with E-state index in [4.69, 9.17) is 0 Å². The minimum Gasteiger partial charge on any atom is -0.290 e. The van der Waals surface area contributed by atoms with Crippen LogP contribution in [0.1, 0.15) is 27.7 Å². The van der Waals surface area contributed by atoms with Crippen LogP contribution < -0.4 is 0 Å². The predicted molar refractivity (Wildman–Crippen MR) is 85.1 cm³/mol. The van der Waals surface area contributed by atoms with Gasteiger partial charge in [0.05, 0.1) is 5.71 Å². The topological polar surface area (TPSA) is 46.5 Å². The van der Waals surface area contributed by atoms with E-state index in [0.29, 0.717) is 0 Å². The fourth-order valence-electron chi connectivity index (χ4n) is 2.11. The predicted octanol–water partition coefficient (Wildman–Crippen LogP) is 3.51. The summed E-state index contributed by atoms with van der Waals surface area (Å²) in [4.78, 5) is 27.6. The van der Waals surface area contributed by atoms with E-state index >= 15 is 0 Å². The van der Waals surface area contributed by atoms with Gasteiger partial charge in [-0.05, 0) is 59.9 Å². The molecule has 0 bridgehead atoms. The van der Waals surface area contributed by atoms with Crippen molar-refractivity contribution in [1.82, 2.24) is 0 Å². The molecular formula is C18H19NO2. The minimum atomic E-state index is -0.199. The van der Waals surface area contributed by atoms with Gasteiger partial charge in [-0.25, -0.2) is 0 Å². The first kappa shape index (κ1) is 15.1. The van der Waals surface area contributed by atoms with Gasteiger partial charge in [-0.2, -0.15) is 0 Å². The molecule has 0 atom stereocenters. The molecule has 2 aliphatic rings. The fourth-order valence-corrected chi connectivity index (χ4v) is 2.11. The quantitative estimate of drug-likeness (QED) is 0.690. The molecule has 2 rings (SSSR count). The summed E-state index contributed by atoms with van der Waals surface area (Å²) in [7, 11) is 0. The van der Waals surface area contributed by atoms with Crippen molar-refractivity contribution in [3.63, 3.8) is 0 Å². The molecule has 0 radical (unpaired) electrons. The van der Waals surface area contributed by atoms with Crippen molar-refractivity contribution in [2.24, 2.45) is 10.4 Å². The Bertz CT molecular complexity index is 656. The van der Waals surface area contributed by atoms with E-state index in [1.54, 1.807) is 18.4 Å². The second-order valence-electron chi connectivity index (χ2n) is 6.22. The van der Waals surface area contributed by atoms with Crippen molar-refractivity contribution in [3.05, 3.63) is 59.4 Å². The largest absolute Gasteiger partial charge is 0.290 e. The number of carbonyl (C=O) groups is 2. The Labute approximate surface area is 125 Å². The van der Waals surface area contributed by atoms with E-state index < -0.39 is 0 Å². The van der Waals surface area contributed by atoms with Crippen LogP contribution in [0.4, 0.5) is 0 Å². The molecule has 3 nitrogen and oxygen atoms in total. The molecule has 21 heavy (non-hydrogen) atoms. The number of allylic oxidation sites excluding steroid dienone is 9. The van der Waals surface area contributed by atoms with Crippen molar-refractivity contribution >= 4 is 17.3 Å². The molecule has 0 aliphatic heterocycles. The molecule has 0 spiro atoms. The highest BCUT2D eigenvalue weighted by molar-refractivity contribution is 6.16. The first-order valence-corrected chi connectivity index (χ1v) is 6.90.